The Morgan fingerprint density at radius 1 is 1.00 bits per heavy atom. The summed E-state index contributed by atoms with van der Waals surface area (Å²) in [7, 11) is 0. The lowest BCUT2D eigenvalue weighted by molar-refractivity contribution is 0.0640. The summed E-state index contributed by atoms with van der Waals surface area (Å²) >= 11 is 0. The minimum absolute atomic E-state index is 0.163. The van der Waals surface area contributed by atoms with Crippen molar-refractivity contribution in [3.63, 3.8) is 0 Å². The van der Waals surface area contributed by atoms with Crippen molar-refractivity contribution in [2.75, 3.05) is 0 Å². The second-order valence-corrected chi connectivity index (χ2v) is 5.42. The Balaban J connectivity index is 2.12. The average molecular weight is 293 g/mol. The molecule has 2 aromatic carbocycles. The van der Waals surface area contributed by atoms with Crippen molar-refractivity contribution in [2.24, 2.45) is 4.99 Å². The molecule has 0 spiro atoms. The van der Waals surface area contributed by atoms with Crippen molar-refractivity contribution in [2.45, 2.75) is 26.6 Å². The number of hydrogen-bond donors (Lipinski definition) is 0. The molecule has 0 fully saturated rings. The maximum absolute atomic E-state index is 5.98. The third kappa shape index (κ3) is 3.43. The molecular formula is C19H19NO2. The third-order valence-electron chi connectivity index (χ3n) is 3.29. The molecule has 0 saturated heterocycles. The highest BCUT2D eigenvalue weighted by molar-refractivity contribution is 5.76. The van der Waals surface area contributed by atoms with Crippen molar-refractivity contribution >= 4 is 16.7 Å². The van der Waals surface area contributed by atoms with E-state index in [1.165, 1.54) is 0 Å². The van der Waals surface area contributed by atoms with E-state index < -0.39 is 0 Å². The van der Waals surface area contributed by atoms with E-state index in [2.05, 4.69) is 11.1 Å². The van der Waals surface area contributed by atoms with Crippen molar-refractivity contribution in [3.8, 4) is 0 Å². The van der Waals surface area contributed by atoms with E-state index in [-0.39, 0.29) is 6.10 Å². The van der Waals surface area contributed by atoms with Gasteiger partial charge in [0.05, 0.1) is 18.4 Å². The van der Waals surface area contributed by atoms with Crippen molar-refractivity contribution in [1.29, 1.82) is 0 Å². The highest BCUT2D eigenvalue weighted by Gasteiger charge is 2.05. The van der Waals surface area contributed by atoms with Gasteiger partial charge in [0.1, 0.15) is 5.58 Å². The van der Waals surface area contributed by atoms with Gasteiger partial charge in [-0.25, -0.2) is 4.99 Å². The molecule has 0 unspecified atom stereocenters. The molecule has 0 bridgehead atoms. The van der Waals surface area contributed by atoms with E-state index in [0.717, 1.165) is 22.2 Å². The summed E-state index contributed by atoms with van der Waals surface area (Å²) in [5.41, 5.74) is 3.25. The van der Waals surface area contributed by atoms with Gasteiger partial charge in [0, 0.05) is 10.9 Å². The van der Waals surface area contributed by atoms with E-state index in [9.17, 15) is 0 Å². The molecule has 3 rings (SSSR count). The maximum atomic E-state index is 5.98. The number of fused-ring (bicyclic) bond motifs is 1. The van der Waals surface area contributed by atoms with Crippen LogP contribution in [-0.4, -0.2) is 6.10 Å². The third-order valence-corrected chi connectivity index (χ3v) is 3.29. The largest absolute Gasteiger partial charge is 0.438 e. The SMILES string of the molecule is CC(C)OCc1cc2ccccc2o/c1=N\c1ccccc1. The minimum Gasteiger partial charge on any atom is -0.438 e. The Morgan fingerprint density at radius 2 is 1.73 bits per heavy atom. The first-order valence-corrected chi connectivity index (χ1v) is 7.45. The first-order valence-electron chi connectivity index (χ1n) is 7.45. The lowest BCUT2D eigenvalue weighted by atomic mass is 10.2. The van der Waals surface area contributed by atoms with E-state index in [1.807, 2.05) is 68.4 Å². The first-order chi connectivity index (χ1) is 10.7. The fraction of sp³-hybridized carbons (Fsp3) is 0.211. The molecule has 1 heterocycles. The molecule has 1 aromatic heterocycles. The molecule has 0 atom stereocenters. The lowest BCUT2D eigenvalue weighted by Gasteiger charge is -2.08. The van der Waals surface area contributed by atoms with Gasteiger partial charge in [0.15, 0.2) is 0 Å². The van der Waals surface area contributed by atoms with Crippen LogP contribution >= 0.6 is 0 Å². The average Bonchev–Trinajstić information content (AvgIpc) is 2.53. The van der Waals surface area contributed by atoms with E-state index in [1.54, 1.807) is 0 Å². The lowest BCUT2D eigenvalue weighted by Crippen LogP contribution is -2.13. The van der Waals surface area contributed by atoms with Crippen LogP contribution in [0.4, 0.5) is 5.69 Å². The summed E-state index contributed by atoms with van der Waals surface area (Å²) in [6, 6.07) is 19.8. The van der Waals surface area contributed by atoms with Crippen LogP contribution in [0.3, 0.4) is 0 Å². The monoisotopic (exact) mass is 293 g/mol. The zero-order valence-corrected chi connectivity index (χ0v) is 12.8. The van der Waals surface area contributed by atoms with Crippen molar-refractivity contribution in [3.05, 3.63) is 71.8 Å². The molecule has 22 heavy (non-hydrogen) atoms. The van der Waals surface area contributed by atoms with E-state index in [4.69, 9.17) is 9.15 Å². The highest BCUT2D eigenvalue weighted by atomic mass is 16.5. The van der Waals surface area contributed by atoms with Crippen LogP contribution in [0.25, 0.3) is 11.0 Å². The quantitative estimate of drug-likeness (QED) is 0.705. The molecule has 0 radical (unpaired) electrons. The van der Waals surface area contributed by atoms with Crippen LogP contribution in [0.1, 0.15) is 19.4 Å². The Kier molecular flexibility index (Phi) is 4.35. The van der Waals surface area contributed by atoms with Gasteiger partial charge < -0.3 is 9.15 Å². The number of ether oxygens (including phenoxy) is 1. The molecule has 3 aromatic rings. The molecule has 0 aliphatic carbocycles. The van der Waals surface area contributed by atoms with Gasteiger partial charge in [-0.2, -0.15) is 0 Å². The number of rotatable bonds is 4. The summed E-state index contributed by atoms with van der Waals surface area (Å²) in [6.07, 6.45) is 0.163. The Bertz CT molecular complexity index is 819. The van der Waals surface area contributed by atoms with Crippen LogP contribution in [0.2, 0.25) is 0 Å². The van der Waals surface area contributed by atoms with Crippen LogP contribution < -0.4 is 5.55 Å². The van der Waals surface area contributed by atoms with Gasteiger partial charge in [-0.05, 0) is 38.1 Å². The first kappa shape index (κ1) is 14.5. The molecular weight excluding hydrogens is 274 g/mol. The Morgan fingerprint density at radius 3 is 2.50 bits per heavy atom. The fourth-order valence-electron chi connectivity index (χ4n) is 2.19. The standard InChI is InChI=1S/C19H19NO2/c1-14(2)21-13-16-12-15-8-6-7-11-18(15)22-19(16)20-17-9-4-3-5-10-17/h3-12,14H,13H2,1-2H3/b20-19-. The molecule has 0 N–H and O–H groups in total. The minimum atomic E-state index is 0.163. The van der Waals surface area contributed by atoms with Gasteiger partial charge in [-0.3, -0.25) is 0 Å². The highest BCUT2D eigenvalue weighted by Crippen LogP contribution is 2.15. The molecule has 3 heteroatoms. The van der Waals surface area contributed by atoms with Gasteiger partial charge in [-0.15, -0.1) is 0 Å². The normalized spacial score (nSPS) is 12.2. The van der Waals surface area contributed by atoms with Gasteiger partial charge in [0.2, 0.25) is 5.55 Å². The summed E-state index contributed by atoms with van der Waals surface area (Å²) in [5, 5.41) is 1.05. The Labute approximate surface area is 129 Å². The fourth-order valence-corrected chi connectivity index (χ4v) is 2.19. The molecule has 0 amide bonds. The second-order valence-electron chi connectivity index (χ2n) is 5.42. The van der Waals surface area contributed by atoms with Crippen LogP contribution in [-0.2, 0) is 11.3 Å². The Hall–Kier alpha value is -2.39. The summed E-state index contributed by atoms with van der Waals surface area (Å²) in [4.78, 5) is 4.62. The molecule has 112 valence electrons. The molecule has 0 saturated carbocycles. The van der Waals surface area contributed by atoms with E-state index in [0.29, 0.717) is 12.2 Å². The van der Waals surface area contributed by atoms with Crippen LogP contribution in [0, 0.1) is 0 Å². The van der Waals surface area contributed by atoms with Crippen molar-refractivity contribution < 1.29 is 9.15 Å². The van der Waals surface area contributed by atoms with Gasteiger partial charge >= 0.3 is 0 Å². The zero-order chi connectivity index (χ0) is 15.4. The predicted octanol–water partition coefficient (Wildman–Crippen LogP) is 4.59. The maximum Gasteiger partial charge on any atom is 0.225 e. The van der Waals surface area contributed by atoms with Crippen LogP contribution in [0.15, 0.2) is 70.1 Å². The van der Waals surface area contributed by atoms with Crippen molar-refractivity contribution in [1.82, 2.24) is 0 Å². The number of hydrogen-bond acceptors (Lipinski definition) is 3. The van der Waals surface area contributed by atoms with Gasteiger partial charge in [-0.1, -0.05) is 36.4 Å². The number of nitrogens with zero attached hydrogens (tertiary/aromatic N) is 1. The van der Waals surface area contributed by atoms with Gasteiger partial charge in [0.25, 0.3) is 0 Å². The van der Waals surface area contributed by atoms with Crippen LogP contribution in [0.5, 0.6) is 0 Å². The summed E-state index contributed by atoms with van der Waals surface area (Å²) < 4.78 is 11.7. The van der Waals surface area contributed by atoms with E-state index >= 15 is 0 Å². The molecule has 0 aliphatic rings. The summed E-state index contributed by atoms with van der Waals surface area (Å²) in [6.45, 7) is 4.52. The molecule has 0 aliphatic heterocycles. The summed E-state index contributed by atoms with van der Waals surface area (Å²) in [5.74, 6) is 0. The second kappa shape index (κ2) is 6.58. The zero-order valence-electron chi connectivity index (χ0n) is 12.8. The number of benzene rings is 2. The number of para-hydroxylation sites is 2. The molecule has 3 nitrogen and oxygen atoms in total. The smallest absolute Gasteiger partial charge is 0.225 e. The topological polar surface area (TPSA) is 34.7 Å². The predicted molar refractivity (Wildman–Crippen MR) is 87.8 cm³/mol.